The number of rotatable bonds is 5. The van der Waals surface area contributed by atoms with Crippen molar-refractivity contribution in [2.75, 3.05) is 11.0 Å². The molecular formula is C20H19N5O3S. The summed E-state index contributed by atoms with van der Waals surface area (Å²) in [6.07, 6.45) is 2.66. The minimum atomic E-state index is -3.39. The van der Waals surface area contributed by atoms with Gasteiger partial charge in [-0.05, 0) is 24.6 Å². The van der Waals surface area contributed by atoms with E-state index in [-0.39, 0.29) is 11.7 Å². The highest BCUT2D eigenvalue weighted by atomic mass is 32.2. The maximum absolute atomic E-state index is 12.6. The van der Waals surface area contributed by atoms with E-state index in [1.807, 2.05) is 37.3 Å². The van der Waals surface area contributed by atoms with Crippen LogP contribution in [-0.4, -0.2) is 34.2 Å². The maximum Gasteiger partial charge on any atom is 0.329 e. The van der Waals surface area contributed by atoms with Gasteiger partial charge in [0.1, 0.15) is 0 Å². The van der Waals surface area contributed by atoms with E-state index in [2.05, 4.69) is 19.7 Å². The molecule has 4 aromatic rings. The van der Waals surface area contributed by atoms with Crippen LogP contribution in [-0.2, 0) is 10.0 Å². The van der Waals surface area contributed by atoms with Crippen LogP contribution in [0.2, 0.25) is 0 Å². The lowest BCUT2D eigenvalue weighted by molar-refractivity contribution is 0.607. The van der Waals surface area contributed by atoms with Crippen LogP contribution in [0.15, 0.2) is 65.6 Å². The number of aromatic amines is 1. The summed E-state index contributed by atoms with van der Waals surface area (Å²) in [6, 6.07) is 16.3. The average molecular weight is 409 g/mol. The van der Waals surface area contributed by atoms with Crippen molar-refractivity contribution in [3.8, 4) is 11.3 Å². The second kappa shape index (κ2) is 7.17. The second-order valence-electron chi connectivity index (χ2n) is 6.77. The zero-order valence-corrected chi connectivity index (χ0v) is 16.6. The lowest BCUT2D eigenvalue weighted by atomic mass is 10.1. The van der Waals surface area contributed by atoms with Crippen LogP contribution in [0.25, 0.3) is 22.6 Å². The summed E-state index contributed by atoms with van der Waals surface area (Å²) in [5.74, 6) is 0. The Kier molecular flexibility index (Phi) is 4.67. The van der Waals surface area contributed by atoms with E-state index in [4.69, 9.17) is 0 Å². The van der Waals surface area contributed by atoms with E-state index in [0.717, 1.165) is 11.8 Å². The number of anilines is 1. The monoisotopic (exact) mass is 409 g/mol. The fourth-order valence-corrected chi connectivity index (χ4v) is 3.79. The van der Waals surface area contributed by atoms with Crippen molar-refractivity contribution < 1.29 is 8.42 Å². The number of hydrogen-bond donors (Lipinski definition) is 2. The first-order valence-electron chi connectivity index (χ1n) is 8.92. The van der Waals surface area contributed by atoms with Gasteiger partial charge in [0.25, 0.3) is 0 Å². The number of H-pyrrole nitrogens is 1. The molecule has 0 amide bonds. The average Bonchev–Trinajstić information content (AvgIpc) is 3.02. The van der Waals surface area contributed by atoms with Crippen molar-refractivity contribution in [1.29, 1.82) is 0 Å². The van der Waals surface area contributed by atoms with Crippen molar-refractivity contribution in [2.45, 2.75) is 13.0 Å². The van der Waals surface area contributed by atoms with E-state index in [9.17, 15) is 13.2 Å². The Morgan fingerprint density at radius 3 is 2.59 bits per heavy atom. The van der Waals surface area contributed by atoms with Gasteiger partial charge in [0.2, 0.25) is 10.0 Å². The third kappa shape index (κ3) is 3.90. The highest BCUT2D eigenvalue weighted by Crippen LogP contribution is 2.24. The van der Waals surface area contributed by atoms with Gasteiger partial charge >= 0.3 is 5.69 Å². The van der Waals surface area contributed by atoms with Crippen LogP contribution < -0.4 is 10.4 Å². The molecular weight excluding hydrogens is 390 g/mol. The van der Waals surface area contributed by atoms with Gasteiger partial charge in [0, 0.05) is 11.3 Å². The summed E-state index contributed by atoms with van der Waals surface area (Å²) < 4.78 is 26.9. The molecule has 8 nitrogen and oxygen atoms in total. The lowest BCUT2D eigenvalue weighted by Gasteiger charge is -2.13. The first-order chi connectivity index (χ1) is 13.8. The molecule has 2 aromatic heterocycles. The van der Waals surface area contributed by atoms with Gasteiger partial charge in [0.05, 0.1) is 24.2 Å². The van der Waals surface area contributed by atoms with Crippen LogP contribution in [0.4, 0.5) is 5.69 Å². The third-order valence-corrected chi connectivity index (χ3v) is 5.16. The molecule has 2 aromatic carbocycles. The summed E-state index contributed by atoms with van der Waals surface area (Å²) >= 11 is 0. The minimum Gasteiger partial charge on any atom is -0.289 e. The molecule has 0 saturated carbocycles. The van der Waals surface area contributed by atoms with E-state index < -0.39 is 10.0 Å². The highest BCUT2D eigenvalue weighted by Gasteiger charge is 2.17. The first kappa shape index (κ1) is 18.9. The topological polar surface area (TPSA) is 110 Å². The Balaban J connectivity index is 1.75. The Labute approximate surface area is 167 Å². The van der Waals surface area contributed by atoms with Gasteiger partial charge < -0.3 is 0 Å². The summed E-state index contributed by atoms with van der Waals surface area (Å²) in [4.78, 5) is 24.3. The van der Waals surface area contributed by atoms with Crippen LogP contribution in [0.3, 0.4) is 0 Å². The van der Waals surface area contributed by atoms with Crippen LogP contribution in [0.5, 0.6) is 0 Å². The molecule has 1 atom stereocenters. The summed E-state index contributed by atoms with van der Waals surface area (Å²) in [7, 11) is -3.39. The number of sulfonamides is 1. The highest BCUT2D eigenvalue weighted by molar-refractivity contribution is 7.92. The second-order valence-corrected chi connectivity index (χ2v) is 8.52. The predicted molar refractivity (Wildman–Crippen MR) is 112 cm³/mol. The molecule has 0 unspecified atom stereocenters. The molecule has 29 heavy (non-hydrogen) atoms. The predicted octanol–water partition coefficient (Wildman–Crippen LogP) is 2.77. The Bertz CT molecular complexity index is 1340. The molecule has 0 fully saturated rings. The molecule has 0 radical (unpaired) electrons. The molecule has 9 heteroatoms. The number of nitrogens with zero attached hydrogens (tertiary/aromatic N) is 3. The number of imidazole rings is 1. The molecule has 148 valence electrons. The smallest absolute Gasteiger partial charge is 0.289 e. The maximum atomic E-state index is 12.6. The summed E-state index contributed by atoms with van der Waals surface area (Å²) in [6.45, 7) is 1.93. The SMILES string of the molecule is C[C@@H](c1ccccc1)n1c(=O)[nH]c2nc(-c3cccc(NS(C)(=O)=O)c3)cnc21. The summed E-state index contributed by atoms with van der Waals surface area (Å²) in [5.41, 5.74) is 3.16. The zero-order chi connectivity index (χ0) is 20.6. The van der Waals surface area contributed by atoms with Gasteiger partial charge in [0.15, 0.2) is 11.3 Å². The quantitative estimate of drug-likeness (QED) is 0.527. The van der Waals surface area contributed by atoms with Crippen molar-refractivity contribution in [3.05, 3.63) is 76.8 Å². The Hall–Kier alpha value is -3.46. The lowest BCUT2D eigenvalue weighted by Crippen LogP contribution is -2.21. The first-order valence-corrected chi connectivity index (χ1v) is 10.8. The van der Waals surface area contributed by atoms with Crippen LogP contribution in [0, 0.1) is 0 Å². The number of hydrogen-bond acceptors (Lipinski definition) is 5. The number of nitrogens with one attached hydrogen (secondary N) is 2. The molecule has 4 rings (SSSR count). The Morgan fingerprint density at radius 1 is 1.10 bits per heavy atom. The van der Waals surface area contributed by atoms with Gasteiger partial charge in [-0.15, -0.1) is 0 Å². The normalized spacial score (nSPS) is 12.8. The molecule has 0 aliphatic carbocycles. The minimum absolute atomic E-state index is 0.208. The van der Waals surface area contributed by atoms with Gasteiger partial charge in [-0.3, -0.25) is 14.3 Å². The fourth-order valence-electron chi connectivity index (χ4n) is 3.24. The molecule has 0 aliphatic rings. The molecule has 2 heterocycles. The standard InChI is InChI=1S/C20H19N5O3S/c1-13(14-7-4-3-5-8-14)25-19-18(23-20(25)26)22-17(12-21-19)15-9-6-10-16(11-15)24-29(2,27)28/h3-13,24H,1-2H3,(H,22,23,26)/t13-/m0/s1. The molecule has 0 aliphatic heterocycles. The summed E-state index contributed by atoms with van der Waals surface area (Å²) in [5, 5.41) is 0. The van der Waals surface area contributed by atoms with Crippen molar-refractivity contribution >= 4 is 27.0 Å². The fraction of sp³-hybridized carbons (Fsp3) is 0.150. The number of aromatic nitrogens is 4. The van der Waals surface area contributed by atoms with E-state index in [1.165, 1.54) is 0 Å². The molecule has 0 saturated heterocycles. The largest absolute Gasteiger partial charge is 0.329 e. The van der Waals surface area contributed by atoms with E-state index >= 15 is 0 Å². The number of fused-ring (bicyclic) bond motifs is 1. The van der Waals surface area contributed by atoms with Crippen molar-refractivity contribution in [1.82, 2.24) is 19.5 Å². The number of benzene rings is 2. The molecule has 0 spiro atoms. The van der Waals surface area contributed by atoms with Gasteiger partial charge in [-0.1, -0.05) is 42.5 Å². The Morgan fingerprint density at radius 2 is 1.86 bits per heavy atom. The van der Waals surface area contributed by atoms with Gasteiger partial charge in [-0.25, -0.2) is 23.2 Å². The van der Waals surface area contributed by atoms with Gasteiger partial charge in [-0.2, -0.15) is 0 Å². The zero-order valence-electron chi connectivity index (χ0n) is 15.8. The molecule has 0 bridgehead atoms. The van der Waals surface area contributed by atoms with Crippen LogP contribution in [0.1, 0.15) is 18.5 Å². The van der Waals surface area contributed by atoms with Crippen LogP contribution >= 0.6 is 0 Å². The molecule has 2 N–H and O–H groups in total. The van der Waals surface area contributed by atoms with Crippen molar-refractivity contribution in [2.24, 2.45) is 0 Å². The van der Waals surface area contributed by atoms with E-state index in [0.29, 0.717) is 28.2 Å². The third-order valence-electron chi connectivity index (χ3n) is 4.56. The van der Waals surface area contributed by atoms with Crippen molar-refractivity contribution in [3.63, 3.8) is 0 Å². The van der Waals surface area contributed by atoms with E-state index in [1.54, 1.807) is 35.0 Å².